The molecular weight excluding hydrogens is 536 g/mol. The van der Waals surface area contributed by atoms with Crippen molar-refractivity contribution in [1.82, 2.24) is 15.1 Å². The van der Waals surface area contributed by atoms with Crippen LogP contribution in [0.25, 0.3) is 0 Å². The zero-order valence-electron chi connectivity index (χ0n) is 23.6. The van der Waals surface area contributed by atoms with Crippen LogP contribution in [-0.4, -0.2) is 53.3 Å². The Morgan fingerprint density at radius 1 is 1.03 bits per heavy atom. The summed E-state index contributed by atoms with van der Waals surface area (Å²) in [7, 11) is 0. The fourth-order valence-corrected chi connectivity index (χ4v) is 6.57. The lowest BCUT2D eigenvalue weighted by molar-refractivity contribution is -0.136. The Bertz CT molecular complexity index is 1210. The zero-order chi connectivity index (χ0) is 28.5. The number of carbonyl (C=O) groups is 2. The van der Waals surface area contributed by atoms with Crippen molar-refractivity contribution in [2.24, 2.45) is 5.92 Å². The van der Waals surface area contributed by atoms with Crippen molar-refractivity contribution in [3.8, 4) is 0 Å². The molecule has 5 nitrogen and oxygen atoms in total. The zero-order valence-corrected chi connectivity index (χ0v) is 25.1. The molecule has 2 aliphatic rings. The van der Waals surface area contributed by atoms with Gasteiger partial charge in [-0.15, -0.1) is 0 Å². The summed E-state index contributed by atoms with van der Waals surface area (Å²) in [6.45, 7) is 12.5. The van der Waals surface area contributed by atoms with Crippen LogP contribution in [0, 0.1) is 11.7 Å². The molecule has 0 radical (unpaired) electrons. The van der Waals surface area contributed by atoms with E-state index in [1.165, 1.54) is 18.6 Å². The fourth-order valence-electron chi connectivity index (χ4n) is 6.23. The van der Waals surface area contributed by atoms with Crippen molar-refractivity contribution in [2.45, 2.75) is 77.3 Å². The molecule has 2 aliphatic heterocycles. The van der Waals surface area contributed by atoms with Gasteiger partial charge in [0.1, 0.15) is 5.82 Å². The van der Waals surface area contributed by atoms with E-state index in [1.807, 2.05) is 17.0 Å². The Balaban J connectivity index is 1.52. The first-order valence-corrected chi connectivity index (χ1v) is 14.7. The molecule has 0 bridgehead atoms. The van der Waals surface area contributed by atoms with Gasteiger partial charge in [0.15, 0.2) is 0 Å². The molecule has 0 saturated carbocycles. The summed E-state index contributed by atoms with van der Waals surface area (Å²) in [4.78, 5) is 30.0. The number of benzene rings is 2. The Morgan fingerprint density at radius 2 is 1.64 bits per heavy atom. The van der Waals surface area contributed by atoms with Crippen LogP contribution in [-0.2, 0) is 9.59 Å². The third kappa shape index (κ3) is 6.78. The van der Waals surface area contributed by atoms with Gasteiger partial charge in [-0.2, -0.15) is 0 Å². The van der Waals surface area contributed by atoms with Crippen LogP contribution in [0.2, 0.25) is 10.0 Å². The number of carbonyl (C=O) groups excluding carboxylic acids is 2. The molecule has 2 saturated heterocycles. The summed E-state index contributed by atoms with van der Waals surface area (Å²) < 4.78 is 15.0. The second-order valence-corrected chi connectivity index (χ2v) is 12.9. The molecule has 8 heteroatoms. The maximum absolute atomic E-state index is 15.0. The van der Waals surface area contributed by atoms with E-state index in [0.717, 1.165) is 24.8 Å². The summed E-state index contributed by atoms with van der Waals surface area (Å²) in [5, 5.41) is 4.06. The van der Waals surface area contributed by atoms with Crippen molar-refractivity contribution in [3.05, 3.63) is 69.0 Å². The molecule has 4 rings (SSSR count). The first-order chi connectivity index (χ1) is 18.4. The smallest absolute Gasteiger partial charge is 0.227 e. The molecule has 2 aromatic carbocycles. The third-order valence-corrected chi connectivity index (χ3v) is 8.87. The van der Waals surface area contributed by atoms with Crippen molar-refractivity contribution >= 4 is 35.0 Å². The van der Waals surface area contributed by atoms with E-state index in [0.29, 0.717) is 41.8 Å². The quantitative estimate of drug-likeness (QED) is 0.406. The predicted octanol–water partition coefficient (Wildman–Crippen LogP) is 6.94. The Labute approximate surface area is 242 Å². The summed E-state index contributed by atoms with van der Waals surface area (Å²) in [5.74, 6) is -0.589. The molecule has 0 spiro atoms. The summed E-state index contributed by atoms with van der Waals surface area (Å²) in [6, 6.07) is 10.6. The largest absolute Gasteiger partial charge is 0.350 e. The molecular formula is C31H40Cl2FN3O2. The van der Waals surface area contributed by atoms with Crippen LogP contribution in [0.1, 0.15) is 88.4 Å². The first kappa shape index (κ1) is 29.8. The lowest BCUT2D eigenvalue weighted by Gasteiger charge is -2.36. The highest BCUT2D eigenvalue weighted by Gasteiger charge is 2.44. The highest BCUT2D eigenvalue weighted by atomic mass is 35.5. The molecule has 3 atom stereocenters. The van der Waals surface area contributed by atoms with Crippen molar-refractivity contribution in [2.75, 3.05) is 26.2 Å². The Kier molecular flexibility index (Phi) is 9.30. The lowest BCUT2D eigenvalue weighted by atomic mass is 9.83. The van der Waals surface area contributed by atoms with Crippen molar-refractivity contribution < 1.29 is 14.0 Å². The first-order valence-electron chi connectivity index (χ1n) is 13.9. The molecule has 0 unspecified atom stereocenters. The molecule has 2 amide bonds. The standard InChI is InChI=1S/C31H40Cl2FN3O2/c1-6-29(35-19(2)38)25-15-21(32)7-9-23(25)20-11-13-36(14-12-20)30(39)27-18-37(31(3,4)5)17-26(27)24-10-8-22(33)16-28(24)34/h7-10,15-16,20,26-27,29H,6,11-14,17-18H2,1-5H3,(H,35,38)/t26-,27+,29-/m0/s1. The molecule has 2 aromatic rings. The number of rotatable bonds is 6. The summed E-state index contributed by atoms with van der Waals surface area (Å²) in [5.41, 5.74) is 2.68. The average molecular weight is 577 g/mol. The van der Waals surface area contributed by atoms with E-state index in [9.17, 15) is 9.59 Å². The molecule has 1 N–H and O–H groups in total. The van der Waals surface area contributed by atoms with Crippen LogP contribution >= 0.6 is 23.2 Å². The minimum atomic E-state index is -0.348. The van der Waals surface area contributed by atoms with Gasteiger partial charge in [-0.05, 0) is 86.9 Å². The minimum Gasteiger partial charge on any atom is -0.350 e. The van der Waals surface area contributed by atoms with Gasteiger partial charge < -0.3 is 10.2 Å². The van der Waals surface area contributed by atoms with Crippen LogP contribution < -0.4 is 5.32 Å². The van der Waals surface area contributed by atoms with Crippen LogP contribution in [0.5, 0.6) is 0 Å². The SMILES string of the molecule is CC[C@H](NC(C)=O)c1cc(Cl)ccc1C1CCN(C(=O)[C@@H]2CN(C(C)(C)C)C[C@H]2c2ccc(Cl)cc2F)CC1. The maximum atomic E-state index is 15.0. The highest BCUT2D eigenvalue weighted by Crippen LogP contribution is 2.41. The normalized spacial score (nSPS) is 21.7. The second kappa shape index (κ2) is 12.2. The summed E-state index contributed by atoms with van der Waals surface area (Å²) >= 11 is 12.4. The topological polar surface area (TPSA) is 52.7 Å². The lowest BCUT2D eigenvalue weighted by Crippen LogP contribution is -2.44. The second-order valence-electron chi connectivity index (χ2n) is 12.0. The van der Waals surface area contributed by atoms with Crippen LogP contribution in [0.15, 0.2) is 36.4 Å². The van der Waals surface area contributed by atoms with Gasteiger partial charge in [-0.1, -0.05) is 42.3 Å². The minimum absolute atomic E-state index is 0.0688. The van der Waals surface area contributed by atoms with E-state index in [4.69, 9.17) is 23.2 Å². The van der Waals surface area contributed by atoms with E-state index in [-0.39, 0.29) is 47.0 Å². The monoisotopic (exact) mass is 575 g/mol. The van der Waals surface area contributed by atoms with Crippen molar-refractivity contribution in [1.29, 1.82) is 0 Å². The summed E-state index contributed by atoms with van der Waals surface area (Å²) in [6.07, 6.45) is 2.41. The number of piperidine rings is 1. The number of likely N-dealkylation sites (tertiary alicyclic amines) is 2. The van der Waals surface area contributed by atoms with Gasteiger partial charge in [-0.25, -0.2) is 4.39 Å². The molecule has 0 aromatic heterocycles. The Morgan fingerprint density at radius 3 is 2.21 bits per heavy atom. The fraction of sp³-hybridized carbons (Fsp3) is 0.548. The Hall–Kier alpha value is -2.15. The van der Waals surface area contributed by atoms with Gasteiger partial charge in [0, 0.05) is 54.6 Å². The molecule has 39 heavy (non-hydrogen) atoms. The number of hydrogen-bond acceptors (Lipinski definition) is 3. The molecule has 2 fully saturated rings. The predicted molar refractivity (Wildman–Crippen MR) is 156 cm³/mol. The van der Waals surface area contributed by atoms with Crippen LogP contribution in [0.3, 0.4) is 0 Å². The van der Waals surface area contributed by atoms with Gasteiger partial charge in [0.05, 0.1) is 12.0 Å². The number of nitrogens with one attached hydrogen (secondary N) is 1. The van der Waals surface area contributed by atoms with Crippen molar-refractivity contribution in [3.63, 3.8) is 0 Å². The molecule has 0 aliphatic carbocycles. The highest BCUT2D eigenvalue weighted by molar-refractivity contribution is 6.30. The maximum Gasteiger partial charge on any atom is 0.227 e. The average Bonchev–Trinajstić information content (AvgIpc) is 3.33. The van der Waals surface area contributed by atoms with E-state index in [1.54, 1.807) is 12.1 Å². The molecule has 2 heterocycles. The van der Waals surface area contributed by atoms with Gasteiger partial charge in [0.25, 0.3) is 0 Å². The number of hydrogen-bond donors (Lipinski definition) is 1. The number of amides is 2. The van der Waals surface area contributed by atoms with E-state index < -0.39 is 0 Å². The number of nitrogens with zero attached hydrogens (tertiary/aromatic N) is 2. The third-order valence-electron chi connectivity index (χ3n) is 8.40. The van der Waals surface area contributed by atoms with Crippen LogP contribution in [0.4, 0.5) is 4.39 Å². The molecule has 212 valence electrons. The van der Waals surface area contributed by atoms with Gasteiger partial charge in [0.2, 0.25) is 11.8 Å². The van der Waals surface area contributed by atoms with Gasteiger partial charge >= 0.3 is 0 Å². The van der Waals surface area contributed by atoms with E-state index in [2.05, 4.69) is 44.0 Å². The van der Waals surface area contributed by atoms with E-state index >= 15 is 4.39 Å². The number of halogens is 3. The van der Waals surface area contributed by atoms with Gasteiger partial charge in [-0.3, -0.25) is 14.5 Å².